The normalized spacial score (nSPS) is 9.11. The molecule has 0 bridgehead atoms. The van der Waals surface area contributed by atoms with Gasteiger partial charge in [-0.15, -0.1) is 0 Å². The third-order valence-corrected chi connectivity index (χ3v) is 2.30. The number of aromatic carboxylic acids is 2. The monoisotopic (exact) mass is 258 g/mol. The lowest BCUT2D eigenvalue weighted by molar-refractivity contribution is 0.0696. The van der Waals surface area contributed by atoms with E-state index < -0.39 is 11.9 Å². The minimum absolute atomic E-state index is 0.0186. The number of hydrogen-bond acceptors (Lipinski definition) is 2. The lowest BCUT2D eigenvalue weighted by atomic mass is 10.1. The smallest absolute Gasteiger partial charge is 0.335 e. The molecule has 19 heavy (non-hydrogen) atoms. The van der Waals surface area contributed by atoms with Crippen LogP contribution in [0.2, 0.25) is 0 Å². The zero-order valence-corrected chi connectivity index (χ0v) is 10.4. The Kier molecular flexibility index (Phi) is 5.29. The molecule has 0 aliphatic carbocycles. The molecule has 0 radical (unpaired) electrons. The molecule has 0 aromatic heterocycles. The van der Waals surface area contributed by atoms with Gasteiger partial charge in [0, 0.05) is 0 Å². The van der Waals surface area contributed by atoms with E-state index in [4.69, 9.17) is 10.2 Å². The van der Waals surface area contributed by atoms with Gasteiger partial charge in [0.05, 0.1) is 11.1 Å². The summed E-state index contributed by atoms with van der Waals surface area (Å²) in [5.41, 5.74) is 1.28. The number of carboxylic acids is 2. The van der Waals surface area contributed by atoms with E-state index in [1.807, 2.05) is 18.2 Å². The van der Waals surface area contributed by atoms with Crippen molar-refractivity contribution in [2.24, 2.45) is 0 Å². The van der Waals surface area contributed by atoms with E-state index in [2.05, 4.69) is 19.1 Å². The molecule has 0 saturated heterocycles. The Labute approximate surface area is 111 Å². The summed E-state index contributed by atoms with van der Waals surface area (Å²) < 4.78 is 0. The Balaban J connectivity index is 0.000000218. The summed E-state index contributed by atoms with van der Waals surface area (Å²) in [6.45, 7) is 2.08. The number of hydrogen-bond donors (Lipinski definition) is 2. The molecule has 0 spiro atoms. The molecule has 0 unspecified atom stereocenters. The van der Waals surface area contributed by atoms with Gasteiger partial charge in [0.2, 0.25) is 0 Å². The Morgan fingerprint density at radius 3 is 1.58 bits per heavy atom. The number of benzene rings is 2. The van der Waals surface area contributed by atoms with Gasteiger partial charge in [0.1, 0.15) is 0 Å². The van der Waals surface area contributed by atoms with Gasteiger partial charge in [0.15, 0.2) is 0 Å². The standard InChI is InChI=1S/C8H6O4.C7H8/c9-7(10)5-2-1-3-6(4-5)8(11)12;1-7-5-3-2-4-6-7/h1-4H,(H,9,10)(H,11,12);2-6H,1H3. The van der Waals surface area contributed by atoms with Crippen molar-refractivity contribution < 1.29 is 19.8 Å². The number of aryl methyl sites for hydroxylation is 1. The molecule has 0 fully saturated rings. The fourth-order valence-corrected chi connectivity index (χ4v) is 1.32. The van der Waals surface area contributed by atoms with Crippen LogP contribution in [-0.4, -0.2) is 22.2 Å². The number of rotatable bonds is 2. The van der Waals surface area contributed by atoms with Crippen LogP contribution < -0.4 is 0 Å². The van der Waals surface area contributed by atoms with Crippen LogP contribution >= 0.6 is 0 Å². The summed E-state index contributed by atoms with van der Waals surface area (Å²) in [6, 6.07) is 15.5. The third kappa shape index (κ3) is 5.04. The summed E-state index contributed by atoms with van der Waals surface area (Å²) in [5, 5.41) is 17.0. The van der Waals surface area contributed by atoms with Crippen molar-refractivity contribution in [3.8, 4) is 0 Å². The first-order valence-corrected chi connectivity index (χ1v) is 5.59. The second-order valence-corrected chi connectivity index (χ2v) is 3.85. The minimum Gasteiger partial charge on any atom is -0.478 e. The molecular formula is C15H14O4. The van der Waals surface area contributed by atoms with Crippen LogP contribution in [-0.2, 0) is 0 Å². The molecule has 0 atom stereocenters. The molecule has 2 aromatic rings. The van der Waals surface area contributed by atoms with Crippen molar-refractivity contribution in [1.29, 1.82) is 0 Å². The van der Waals surface area contributed by atoms with E-state index in [-0.39, 0.29) is 11.1 Å². The highest BCUT2D eigenvalue weighted by Gasteiger charge is 2.06. The Morgan fingerprint density at radius 1 is 0.789 bits per heavy atom. The maximum Gasteiger partial charge on any atom is 0.335 e. The van der Waals surface area contributed by atoms with Crippen molar-refractivity contribution >= 4 is 11.9 Å². The van der Waals surface area contributed by atoms with Gasteiger partial charge in [-0.3, -0.25) is 0 Å². The van der Waals surface area contributed by atoms with Crippen LogP contribution in [0.5, 0.6) is 0 Å². The first-order valence-electron chi connectivity index (χ1n) is 5.59. The molecule has 0 amide bonds. The lowest BCUT2D eigenvalue weighted by Gasteiger charge is -1.95. The highest BCUT2D eigenvalue weighted by Crippen LogP contribution is 2.04. The zero-order chi connectivity index (χ0) is 14.3. The Bertz CT molecular complexity index is 532. The first kappa shape index (κ1) is 14.4. The van der Waals surface area contributed by atoms with E-state index in [0.717, 1.165) is 6.07 Å². The summed E-state index contributed by atoms with van der Waals surface area (Å²) in [6.07, 6.45) is 0. The van der Waals surface area contributed by atoms with Crippen LogP contribution in [0.3, 0.4) is 0 Å². The Hall–Kier alpha value is -2.62. The van der Waals surface area contributed by atoms with Gasteiger partial charge in [-0.1, -0.05) is 42.0 Å². The summed E-state index contributed by atoms with van der Waals surface area (Å²) in [7, 11) is 0. The summed E-state index contributed by atoms with van der Waals surface area (Å²) in [4.78, 5) is 20.8. The molecule has 0 saturated carbocycles. The van der Waals surface area contributed by atoms with Crippen LogP contribution in [0.15, 0.2) is 54.6 Å². The second kappa shape index (κ2) is 6.96. The SMILES string of the molecule is Cc1ccccc1.O=C(O)c1cccc(C(=O)O)c1. The molecule has 0 aliphatic rings. The molecular weight excluding hydrogens is 244 g/mol. The van der Waals surface area contributed by atoms with E-state index in [0.29, 0.717) is 0 Å². The van der Waals surface area contributed by atoms with E-state index in [9.17, 15) is 9.59 Å². The number of carboxylic acid groups (broad SMARTS) is 2. The summed E-state index contributed by atoms with van der Waals surface area (Å²) >= 11 is 0. The fraction of sp³-hybridized carbons (Fsp3) is 0.0667. The molecule has 98 valence electrons. The van der Waals surface area contributed by atoms with Gasteiger partial charge in [0.25, 0.3) is 0 Å². The van der Waals surface area contributed by atoms with Crippen LogP contribution in [0.4, 0.5) is 0 Å². The van der Waals surface area contributed by atoms with Crippen molar-refractivity contribution in [2.45, 2.75) is 6.92 Å². The number of carbonyl (C=O) groups is 2. The quantitative estimate of drug-likeness (QED) is 0.868. The second-order valence-electron chi connectivity index (χ2n) is 3.85. The molecule has 2 N–H and O–H groups in total. The minimum atomic E-state index is -1.13. The van der Waals surface area contributed by atoms with Crippen LogP contribution in [0, 0.1) is 6.92 Å². The maximum absolute atomic E-state index is 10.4. The highest BCUT2D eigenvalue weighted by atomic mass is 16.4. The van der Waals surface area contributed by atoms with Gasteiger partial charge in [-0.05, 0) is 25.1 Å². The van der Waals surface area contributed by atoms with E-state index in [1.54, 1.807) is 0 Å². The topological polar surface area (TPSA) is 74.6 Å². The van der Waals surface area contributed by atoms with Gasteiger partial charge in [-0.25, -0.2) is 9.59 Å². The van der Waals surface area contributed by atoms with Crippen LogP contribution in [0.25, 0.3) is 0 Å². The molecule has 4 heteroatoms. The van der Waals surface area contributed by atoms with Crippen molar-refractivity contribution in [3.05, 3.63) is 71.3 Å². The highest BCUT2D eigenvalue weighted by molar-refractivity contribution is 5.93. The molecule has 0 aliphatic heterocycles. The van der Waals surface area contributed by atoms with Crippen LogP contribution in [0.1, 0.15) is 26.3 Å². The lowest BCUT2D eigenvalue weighted by Crippen LogP contribution is -2.01. The molecule has 0 heterocycles. The predicted octanol–water partition coefficient (Wildman–Crippen LogP) is 3.08. The van der Waals surface area contributed by atoms with Crippen molar-refractivity contribution in [3.63, 3.8) is 0 Å². The molecule has 4 nitrogen and oxygen atoms in total. The average Bonchev–Trinajstić information content (AvgIpc) is 2.40. The molecule has 2 aromatic carbocycles. The fourth-order valence-electron chi connectivity index (χ4n) is 1.32. The third-order valence-electron chi connectivity index (χ3n) is 2.30. The Morgan fingerprint density at radius 2 is 1.26 bits per heavy atom. The van der Waals surface area contributed by atoms with Crippen molar-refractivity contribution in [2.75, 3.05) is 0 Å². The largest absolute Gasteiger partial charge is 0.478 e. The van der Waals surface area contributed by atoms with Gasteiger partial charge in [-0.2, -0.15) is 0 Å². The molecule has 2 rings (SSSR count). The van der Waals surface area contributed by atoms with Crippen molar-refractivity contribution in [1.82, 2.24) is 0 Å². The van der Waals surface area contributed by atoms with E-state index in [1.165, 1.54) is 23.8 Å². The average molecular weight is 258 g/mol. The summed E-state index contributed by atoms with van der Waals surface area (Å²) in [5.74, 6) is -2.25. The predicted molar refractivity (Wildman–Crippen MR) is 71.5 cm³/mol. The maximum atomic E-state index is 10.4. The zero-order valence-electron chi connectivity index (χ0n) is 10.4. The van der Waals surface area contributed by atoms with E-state index >= 15 is 0 Å². The van der Waals surface area contributed by atoms with Gasteiger partial charge >= 0.3 is 11.9 Å². The van der Waals surface area contributed by atoms with Gasteiger partial charge < -0.3 is 10.2 Å². The first-order chi connectivity index (χ1) is 9.00.